The number of unbranched alkanes of at least 4 members (excludes halogenated alkanes) is 2. The van der Waals surface area contributed by atoms with Gasteiger partial charge in [-0.1, -0.05) is 49.8 Å². The van der Waals surface area contributed by atoms with Gasteiger partial charge in [0, 0.05) is 31.5 Å². The van der Waals surface area contributed by atoms with Crippen LogP contribution in [0.1, 0.15) is 83.8 Å². The van der Waals surface area contributed by atoms with Gasteiger partial charge >= 0.3 is 12.1 Å². The number of esters is 1. The van der Waals surface area contributed by atoms with Gasteiger partial charge in [-0.2, -0.15) is 0 Å². The van der Waals surface area contributed by atoms with Gasteiger partial charge in [0.1, 0.15) is 11.6 Å². The molecule has 7 heteroatoms. The number of methoxy groups -OCH3 is 1. The lowest BCUT2D eigenvalue weighted by molar-refractivity contribution is -0.145. The van der Waals surface area contributed by atoms with Gasteiger partial charge in [0.25, 0.3) is 0 Å². The molecule has 0 aliphatic carbocycles. The maximum Gasteiger partial charge on any atom is 0.410 e. The lowest BCUT2D eigenvalue weighted by Gasteiger charge is -2.33. The third-order valence-electron chi connectivity index (χ3n) is 6.38. The summed E-state index contributed by atoms with van der Waals surface area (Å²) in [6, 6.07) is 6.97. The number of hydrogen-bond acceptors (Lipinski definition) is 5. The molecule has 2 amide bonds. The van der Waals surface area contributed by atoms with Crippen molar-refractivity contribution in [3.05, 3.63) is 47.5 Å². The summed E-state index contributed by atoms with van der Waals surface area (Å²) in [6.07, 6.45) is 10.2. The molecule has 1 aliphatic rings. The minimum Gasteiger partial charge on any atom is -0.467 e. The summed E-state index contributed by atoms with van der Waals surface area (Å²) in [4.78, 5) is 38.3. The minimum absolute atomic E-state index is 0.128. The molecule has 0 spiro atoms. The number of nitrogens with zero attached hydrogens (tertiary/aromatic N) is 1. The smallest absolute Gasteiger partial charge is 0.410 e. The zero-order valence-electron chi connectivity index (χ0n) is 23.7. The van der Waals surface area contributed by atoms with E-state index in [0.717, 1.165) is 62.7 Å². The SMILES string of the molecule is CCCCCC(=O)N[C@@H](Cc1ccc(C#C/C=C/CC2CCN(C(=O)OC(C)(C)C)CC2)cc1)C(=O)OC. The highest BCUT2D eigenvalue weighted by Crippen LogP contribution is 2.22. The lowest BCUT2D eigenvalue weighted by atomic mass is 9.93. The minimum atomic E-state index is -0.704. The Balaban J connectivity index is 1.79. The number of rotatable bonds is 10. The molecule has 1 aromatic rings. The first-order valence-electron chi connectivity index (χ1n) is 13.7. The van der Waals surface area contributed by atoms with E-state index in [2.05, 4.69) is 30.2 Å². The van der Waals surface area contributed by atoms with Crippen LogP contribution in [-0.4, -0.2) is 54.7 Å². The molecule has 1 atom stereocenters. The van der Waals surface area contributed by atoms with Crippen LogP contribution in [0.5, 0.6) is 0 Å². The van der Waals surface area contributed by atoms with E-state index in [1.807, 2.05) is 51.1 Å². The normalized spacial score (nSPS) is 14.9. The van der Waals surface area contributed by atoms with Gasteiger partial charge in [0.2, 0.25) is 5.91 Å². The van der Waals surface area contributed by atoms with Crippen molar-refractivity contribution in [3.8, 4) is 11.8 Å². The Morgan fingerprint density at radius 1 is 1.13 bits per heavy atom. The fourth-order valence-electron chi connectivity index (χ4n) is 4.22. The molecule has 1 aliphatic heterocycles. The van der Waals surface area contributed by atoms with E-state index in [4.69, 9.17) is 9.47 Å². The molecule has 0 bridgehead atoms. The topological polar surface area (TPSA) is 84.9 Å². The van der Waals surface area contributed by atoms with Crippen molar-refractivity contribution in [1.29, 1.82) is 0 Å². The molecule has 208 valence electrons. The van der Waals surface area contributed by atoms with Crippen LogP contribution in [0.15, 0.2) is 36.4 Å². The van der Waals surface area contributed by atoms with Gasteiger partial charge in [-0.05, 0) is 76.1 Å². The number of nitrogens with one attached hydrogen (secondary N) is 1. The second-order valence-electron chi connectivity index (χ2n) is 10.8. The molecule has 0 unspecified atom stereocenters. The number of piperidine rings is 1. The van der Waals surface area contributed by atoms with Crippen molar-refractivity contribution in [3.63, 3.8) is 0 Å². The Morgan fingerprint density at radius 3 is 2.42 bits per heavy atom. The molecule has 7 nitrogen and oxygen atoms in total. The van der Waals surface area contributed by atoms with Gasteiger partial charge in [-0.25, -0.2) is 9.59 Å². The molecule has 1 aromatic carbocycles. The molecule has 1 N–H and O–H groups in total. The Morgan fingerprint density at radius 2 is 1.82 bits per heavy atom. The highest BCUT2D eigenvalue weighted by atomic mass is 16.6. The number of allylic oxidation sites excluding steroid dienone is 2. The van der Waals surface area contributed by atoms with E-state index in [0.29, 0.717) is 18.8 Å². The van der Waals surface area contributed by atoms with Gasteiger partial charge in [0.15, 0.2) is 0 Å². The summed E-state index contributed by atoms with van der Waals surface area (Å²) in [5.41, 5.74) is 1.34. The lowest BCUT2D eigenvalue weighted by Crippen LogP contribution is -2.43. The fraction of sp³-hybridized carbons (Fsp3) is 0.581. The summed E-state index contributed by atoms with van der Waals surface area (Å²) < 4.78 is 10.3. The van der Waals surface area contributed by atoms with Crippen molar-refractivity contribution in [2.75, 3.05) is 20.2 Å². The monoisotopic (exact) mass is 524 g/mol. The van der Waals surface area contributed by atoms with Crippen LogP contribution in [0.25, 0.3) is 0 Å². The van der Waals surface area contributed by atoms with E-state index in [1.165, 1.54) is 7.11 Å². The predicted molar refractivity (Wildman–Crippen MR) is 149 cm³/mol. The van der Waals surface area contributed by atoms with Gasteiger partial charge < -0.3 is 19.7 Å². The third kappa shape index (κ3) is 11.9. The van der Waals surface area contributed by atoms with Crippen molar-refractivity contribution in [1.82, 2.24) is 10.2 Å². The quantitative estimate of drug-likeness (QED) is 0.251. The highest BCUT2D eigenvalue weighted by Gasteiger charge is 2.26. The van der Waals surface area contributed by atoms with E-state index in [-0.39, 0.29) is 12.0 Å². The molecular formula is C31H44N2O5. The van der Waals surface area contributed by atoms with Crippen LogP contribution in [0.3, 0.4) is 0 Å². The van der Waals surface area contributed by atoms with E-state index in [1.54, 1.807) is 4.90 Å². The van der Waals surface area contributed by atoms with Crippen molar-refractivity contribution in [2.45, 2.75) is 90.7 Å². The number of hydrogen-bond donors (Lipinski definition) is 1. The van der Waals surface area contributed by atoms with E-state index >= 15 is 0 Å². The molecule has 0 aromatic heterocycles. The third-order valence-corrected chi connectivity index (χ3v) is 6.38. The van der Waals surface area contributed by atoms with Crippen LogP contribution in [0, 0.1) is 17.8 Å². The number of ether oxygens (including phenoxy) is 2. The highest BCUT2D eigenvalue weighted by molar-refractivity contribution is 5.84. The molecule has 1 heterocycles. The average molecular weight is 525 g/mol. The second kappa shape index (κ2) is 15.9. The number of amides is 2. The van der Waals surface area contributed by atoms with Gasteiger partial charge in [-0.3, -0.25) is 4.79 Å². The Kier molecular flexibility index (Phi) is 12.9. The van der Waals surface area contributed by atoms with Crippen LogP contribution in [-0.2, 0) is 25.5 Å². The number of carbonyl (C=O) groups excluding carboxylic acids is 3. The summed E-state index contributed by atoms with van der Waals surface area (Å²) >= 11 is 0. The van der Waals surface area contributed by atoms with Crippen molar-refractivity contribution >= 4 is 18.0 Å². The number of benzene rings is 1. The van der Waals surface area contributed by atoms with Crippen molar-refractivity contribution in [2.24, 2.45) is 5.92 Å². The molecule has 1 fully saturated rings. The van der Waals surface area contributed by atoms with Crippen molar-refractivity contribution < 1.29 is 23.9 Å². The summed E-state index contributed by atoms with van der Waals surface area (Å²) in [5.74, 6) is 6.19. The standard InChI is InChI=1S/C31H44N2O5/c1-6-7-9-14-28(34)32-27(29(35)37-5)23-26-17-15-24(16-18-26)12-10-8-11-13-25-19-21-33(22-20-25)30(36)38-31(2,3)4/h8,11,15-18,25,27H,6-7,9,13-14,19-23H2,1-5H3,(H,32,34)/b11-8+/t27-/m0/s1. The summed E-state index contributed by atoms with van der Waals surface area (Å²) in [5, 5.41) is 2.81. The first-order chi connectivity index (χ1) is 18.1. The van der Waals surface area contributed by atoms with Crippen LogP contribution < -0.4 is 5.32 Å². The van der Waals surface area contributed by atoms with E-state index < -0.39 is 17.6 Å². The molecule has 38 heavy (non-hydrogen) atoms. The van der Waals surface area contributed by atoms with Gasteiger partial charge in [0.05, 0.1) is 7.11 Å². The van der Waals surface area contributed by atoms with Crippen LogP contribution in [0.4, 0.5) is 4.79 Å². The number of carbonyl (C=O) groups is 3. The van der Waals surface area contributed by atoms with E-state index in [9.17, 15) is 14.4 Å². The maximum absolute atomic E-state index is 12.2. The Hall–Kier alpha value is -3.27. The molecule has 0 saturated carbocycles. The number of likely N-dealkylation sites (tertiary alicyclic amines) is 1. The largest absolute Gasteiger partial charge is 0.467 e. The first-order valence-corrected chi connectivity index (χ1v) is 13.7. The maximum atomic E-state index is 12.2. The molecule has 1 saturated heterocycles. The second-order valence-corrected chi connectivity index (χ2v) is 10.8. The van der Waals surface area contributed by atoms with Gasteiger partial charge in [-0.15, -0.1) is 0 Å². The fourth-order valence-corrected chi connectivity index (χ4v) is 4.22. The Labute approximate surface area is 228 Å². The summed E-state index contributed by atoms with van der Waals surface area (Å²) in [6.45, 7) is 9.19. The molecule has 0 radical (unpaired) electrons. The zero-order chi connectivity index (χ0) is 28.0. The molecular weight excluding hydrogens is 480 g/mol. The molecule has 2 rings (SSSR count). The predicted octanol–water partition coefficient (Wildman–Crippen LogP) is 5.41. The Bertz CT molecular complexity index is 990. The first kappa shape index (κ1) is 31.0. The van der Waals surface area contributed by atoms with Crippen LogP contribution in [0.2, 0.25) is 0 Å². The van der Waals surface area contributed by atoms with Crippen LogP contribution >= 0.6 is 0 Å². The zero-order valence-corrected chi connectivity index (χ0v) is 23.7. The summed E-state index contributed by atoms with van der Waals surface area (Å²) in [7, 11) is 1.33. The average Bonchev–Trinajstić information content (AvgIpc) is 2.88.